The highest BCUT2D eigenvalue weighted by atomic mass is 16.5. The normalized spacial score (nSPS) is 18.4. The van der Waals surface area contributed by atoms with Crippen LogP contribution in [0, 0.1) is 0 Å². The summed E-state index contributed by atoms with van der Waals surface area (Å²) in [5, 5.41) is 0. The molecule has 1 aliphatic heterocycles. The smallest absolute Gasteiger partial charge is 0.132 e. The van der Waals surface area contributed by atoms with Crippen molar-refractivity contribution in [1.29, 1.82) is 0 Å². The molecule has 0 bridgehead atoms. The first-order valence-corrected chi connectivity index (χ1v) is 5.54. The van der Waals surface area contributed by atoms with Gasteiger partial charge in [-0.15, -0.1) is 0 Å². The molecule has 0 N–H and O–H groups in total. The van der Waals surface area contributed by atoms with E-state index in [4.69, 9.17) is 9.47 Å². The van der Waals surface area contributed by atoms with Crippen molar-refractivity contribution in [1.82, 2.24) is 0 Å². The van der Waals surface area contributed by atoms with Crippen molar-refractivity contribution in [2.24, 2.45) is 0 Å². The SMILES string of the molecule is CCC(=O)CCCOC1CCOCC1. The second-order valence-corrected chi connectivity index (χ2v) is 3.68. The molecule has 0 saturated carbocycles. The van der Waals surface area contributed by atoms with Gasteiger partial charge in [0, 0.05) is 32.7 Å². The predicted octanol–water partition coefficient (Wildman–Crippen LogP) is 1.94. The molecule has 0 aromatic heterocycles. The number of hydrogen-bond donors (Lipinski definition) is 0. The summed E-state index contributed by atoms with van der Waals surface area (Å²) < 4.78 is 10.9. The van der Waals surface area contributed by atoms with Crippen LogP contribution in [0.4, 0.5) is 0 Å². The predicted molar refractivity (Wildman–Crippen MR) is 54.3 cm³/mol. The van der Waals surface area contributed by atoms with E-state index in [1.807, 2.05) is 6.92 Å². The number of carbonyl (C=O) groups excluding carboxylic acids is 1. The Morgan fingerprint density at radius 1 is 1.43 bits per heavy atom. The number of hydrogen-bond acceptors (Lipinski definition) is 3. The highest BCUT2D eigenvalue weighted by Gasteiger charge is 2.13. The summed E-state index contributed by atoms with van der Waals surface area (Å²) in [5.41, 5.74) is 0. The Bertz CT molecular complexity index is 162. The van der Waals surface area contributed by atoms with Crippen LogP contribution < -0.4 is 0 Å². The number of ketones is 1. The van der Waals surface area contributed by atoms with Gasteiger partial charge in [-0.2, -0.15) is 0 Å². The lowest BCUT2D eigenvalue weighted by Gasteiger charge is -2.22. The average molecular weight is 200 g/mol. The van der Waals surface area contributed by atoms with Gasteiger partial charge < -0.3 is 9.47 Å². The topological polar surface area (TPSA) is 35.5 Å². The van der Waals surface area contributed by atoms with E-state index in [0.717, 1.165) is 39.1 Å². The van der Waals surface area contributed by atoms with E-state index in [1.54, 1.807) is 0 Å². The Hall–Kier alpha value is -0.410. The van der Waals surface area contributed by atoms with Gasteiger partial charge in [0.15, 0.2) is 0 Å². The third-order valence-electron chi connectivity index (χ3n) is 2.52. The molecule has 0 aromatic rings. The third-order valence-corrected chi connectivity index (χ3v) is 2.52. The van der Waals surface area contributed by atoms with E-state index < -0.39 is 0 Å². The Morgan fingerprint density at radius 3 is 2.79 bits per heavy atom. The zero-order valence-corrected chi connectivity index (χ0v) is 8.96. The second kappa shape index (κ2) is 6.96. The third kappa shape index (κ3) is 4.72. The summed E-state index contributed by atoms with van der Waals surface area (Å²) >= 11 is 0. The summed E-state index contributed by atoms with van der Waals surface area (Å²) in [5.74, 6) is 0.334. The standard InChI is InChI=1S/C11H20O3/c1-2-10(12)4-3-7-14-11-5-8-13-9-6-11/h11H,2-9H2,1H3. The first kappa shape index (κ1) is 11.7. The van der Waals surface area contributed by atoms with Gasteiger partial charge in [0.25, 0.3) is 0 Å². The van der Waals surface area contributed by atoms with Gasteiger partial charge in [-0.05, 0) is 19.3 Å². The van der Waals surface area contributed by atoms with Crippen molar-refractivity contribution in [2.75, 3.05) is 19.8 Å². The molecule has 0 unspecified atom stereocenters. The van der Waals surface area contributed by atoms with Gasteiger partial charge in [0.1, 0.15) is 5.78 Å². The average Bonchev–Trinajstić information content (AvgIpc) is 2.25. The Labute approximate surface area is 85.8 Å². The number of rotatable bonds is 6. The molecular weight excluding hydrogens is 180 g/mol. The summed E-state index contributed by atoms with van der Waals surface area (Å²) in [4.78, 5) is 11.0. The lowest BCUT2D eigenvalue weighted by Crippen LogP contribution is -2.23. The summed E-state index contributed by atoms with van der Waals surface area (Å²) in [7, 11) is 0. The maximum atomic E-state index is 11.0. The second-order valence-electron chi connectivity index (χ2n) is 3.68. The molecule has 0 aromatic carbocycles. The summed E-state index contributed by atoms with van der Waals surface area (Å²) in [6, 6.07) is 0. The minimum absolute atomic E-state index is 0.334. The Kier molecular flexibility index (Phi) is 5.80. The van der Waals surface area contributed by atoms with E-state index in [1.165, 1.54) is 0 Å². The van der Waals surface area contributed by atoms with Crippen LogP contribution in [0.5, 0.6) is 0 Å². The van der Waals surface area contributed by atoms with Crippen molar-refractivity contribution in [3.05, 3.63) is 0 Å². The molecule has 0 atom stereocenters. The molecule has 0 spiro atoms. The van der Waals surface area contributed by atoms with E-state index in [-0.39, 0.29) is 0 Å². The minimum Gasteiger partial charge on any atom is -0.381 e. The minimum atomic E-state index is 0.334. The van der Waals surface area contributed by atoms with Crippen LogP contribution in [0.1, 0.15) is 39.0 Å². The summed E-state index contributed by atoms with van der Waals surface area (Å²) in [6.45, 7) is 4.26. The van der Waals surface area contributed by atoms with Crippen molar-refractivity contribution in [3.63, 3.8) is 0 Å². The van der Waals surface area contributed by atoms with Gasteiger partial charge in [-0.1, -0.05) is 6.92 Å². The van der Waals surface area contributed by atoms with E-state index in [0.29, 0.717) is 24.7 Å². The fourth-order valence-corrected chi connectivity index (χ4v) is 1.54. The van der Waals surface area contributed by atoms with E-state index in [9.17, 15) is 4.79 Å². The largest absolute Gasteiger partial charge is 0.381 e. The van der Waals surface area contributed by atoms with Gasteiger partial charge in [0.05, 0.1) is 6.10 Å². The molecule has 1 rings (SSSR count). The van der Waals surface area contributed by atoms with Gasteiger partial charge in [-0.25, -0.2) is 0 Å². The van der Waals surface area contributed by atoms with Crippen LogP contribution >= 0.6 is 0 Å². The molecule has 1 aliphatic rings. The fraction of sp³-hybridized carbons (Fsp3) is 0.909. The highest BCUT2D eigenvalue weighted by molar-refractivity contribution is 5.77. The molecule has 1 saturated heterocycles. The molecule has 3 nitrogen and oxygen atoms in total. The monoisotopic (exact) mass is 200 g/mol. The van der Waals surface area contributed by atoms with Crippen molar-refractivity contribution in [3.8, 4) is 0 Å². The van der Waals surface area contributed by atoms with Crippen LogP contribution in [-0.4, -0.2) is 31.7 Å². The molecule has 0 amide bonds. The first-order valence-electron chi connectivity index (χ1n) is 5.54. The van der Waals surface area contributed by atoms with Gasteiger partial charge >= 0.3 is 0 Å². The molecular formula is C11H20O3. The molecule has 3 heteroatoms. The van der Waals surface area contributed by atoms with E-state index in [2.05, 4.69) is 0 Å². The number of Topliss-reactive ketones (excluding diaryl/α,β-unsaturated/α-hetero) is 1. The Balaban J connectivity index is 1.94. The Morgan fingerprint density at radius 2 is 2.14 bits per heavy atom. The van der Waals surface area contributed by atoms with Crippen LogP contribution in [-0.2, 0) is 14.3 Å². The lowest BCUT2D eigenvalue weighted by molar-refractivity contribution is -0.119. The van der Waals surface area contributed by atoms with Crippen molar-refractivity contribution >= 4 is 5.78 Å². The van der Waals surface area contributed by atoms with Crippen LogP contribution in [0.2, 0.25) is 0 Å². The lowest BCUT2D eigenvalue weighted by atomic mass is 10.1. The van der Waals surface area contributed by atoms with Crippen molar-refractivity contribution < 1.29 is 14.3 Å². The fourth-order valence-electron chi connectivity index (χ4n) is 1.54. The zero-order valence-electron chi connectivity index (χ0n) is 8.96. The van der Waals surface area contributed by atoms with Crippen LogP contribution in [0.3, 0.4) is 0 Å². The first-order chi connectivity index (χ1) is 6.83. The highest BCUT2D eigenvalue weighted by Crippen LogP contribution is 2.11. The van der Waals surface area contributed by atoms with Gasteiger partial charge in [-0.3, -0.25) is 4.79 Å². The van der Waals surface area contributed by atoms with Crippen LogP contribution in [0.25, 0.3) is 0 Å². The molecule has 1 heterocycles. The molecule has 0 aliphatic carbocycles. The van der Waals surface area contributed by atoms with Crippen LogP contribution in [0.15, 0.2) is 0 Å². The number of carbonyl (C=O) groups is 1. The zero-order chi connectivity index (χ0) is 10.2. The molecule has 82 valence electrons. The maximum Gasteiger partial charge on any atom is 0.132 e. The quantitative estimate of drug-likeness (QED) is 0.615. The molecule has 0 radical (unpaired) electrons. The molecule has 14 heavy (non-hydrogen) atoms. The number of ether oxygens (including phenoxy) is 2. The van der Waals surface area contributed by atoms with E-state index >= 15 is 0 Å². The maximum absolute atomic E-state index is 11.0. The summed E-state index contributed by atoms with van der Waals surface area (Å²) in [6.07, 6.45) is 4.55. The molecule has 1 fully saturated rings. The van der Waals surface area contributed by atoms with Crippen molar-refractivity contribution in [2.45, 2.75) is 45.1 Å². The van der Waals surface area contributed by atoms with Gasteiger partial charge in [0.2, 0.25) is 0 Å².